The van der Waals surface area contributed by atoms with E-state index in [1.165, 1.54) is 4.90 Å². The molecule has 0 atom stereocenters. The second kappa shape index (κ2) is 8.82. The molecule has 1 amide bonds. The van der Waals surface area contributed by atoms with E-state index < -0.39 is 0 Å². The minimum atomic E-state index is -0.0742. The highest BCUT2D eigenvalue weighted by Crippen LogP contribution is 2.29. The van der Waals surface area contributed by atoms with Crippen LogP contribution in [0.1, 0.15) is 17.3 Å². The summed E-state index contributed by atoms with van der Waals surface area (Å²) in [6, 6.07) is 14.8. The largest absolute Gasteiger partial charge is 0.490 e. The van der Waals surface area contributed by atoms with Crippen molar-refractivity contribution in [1.29, 1.82) is 0 Å². The number of amides is 1. The summed E-state index contributed by atoms with van der Waals surface area (Å²) in [5.41, 5.74) is 0.566. The minimum absolute atomic E-state index is 0.0742. The maximum absolute atomic E-state index is 12.0. The molecular formula is C19H23NO4. The Hall–Kier alpha value is -2.69. The molecule has 5 heteroatoms. The molecule has 0 aromatic heterocycles. The Labute approximate surface area is 142 Å². The van der Waals surface area contributed by atoms with Crippen molar-refractivity contribution in [1.82, 2.24) is 4.90 Å². The molecule has 0 N–H and O–H groups in total. The third-order valence-corrected chi connectivity index (χ3v) is 3.25. The van der Waals surface area contributed by atoms with Crippen molar-refractivity contribution in [2.75, 3.05) is 33.9 Å². The van der Waals surface area contributed by atoms with Gasteiger partial charge in [0.1, 0.15) is 19.0 Å². The van der Waals surface area contributed by atoms with Crippen LogP contribution in [0.4, 0.5) is 0 Å². The summed E-state index contributed by atoms with van der Waals surface area (Å²) >= 11 is 0. The second-order valence-electron chi connectivity index (χ2n) is 5.30. The minimum Gasteiger partial charge on any atom is -0.490 e. The number of carbonyl (C=O) groups is 1. The van der Waals surface area contributed by atoms with Gasteiger partial charge in [-0.05, 0) is 37.3 Å². The number of rotatable bonds is 8. The van der Waals surface area contributed by atoms with Crippen LogP contribution in [-0.4, -0.2) is 44.7 Å². The summed E-state index contributed by atoms with van der Waals surface area (Å²) in [6.45, 7) is 3.20. The lowest BCUT2D eigenvalue weighted by Gasteiger charge is -2.15. The fraction of sp³-hybridized carbons (Fsp3) is 0.316. The number of ether oxygens (including phenoxy) is 3. The van der Waals surface area contributed by atoms with Crippen LogP contribution in [0.15, 0.2) is 48.5 Å². The summed E-state index contributed by atoms with van der Waals surface area (Å²) in [5.74, 6) is 1.89. The zero-order valence-electron chi connectivity index (χ0n) is 14.3. The van der Waals surface area contributed by atoms with Gasteiger partial charge in [-0.3, -0.25) is 4.79 Å². The molecule has 0 aliphatic carbocycles. The number of carbonyl (C=O) groups excluding carboxylic acids is 1. The van der Waals surface area contributed by atoms with Crippen molar-refractivity contribution in [2.24, 2.45) is 0 Å². The summed E-state index contributed by atoms with van der Waals surface area (Å²) in [4.78, 5) is 13.6. The topological polar surface area (TPSA) is 48.0 Å². The SMILES string of the molecule is CCOc1cc(C(=O)N(C)C)ccc1OCCOc1ccccc1. The van der Waals surface area contributed by atoms with E-state index >= 15 is 0 Å². The van der Waals surface area contributed by atoms with E-state index in [1.807, 2.05) is 37.3 Å². The van der Waals surface area contributed by atoms with Gasteiger partial charge < -0.3 is 19.1 Å². The van der Waals surface area contributed by atoms with Crippen LogP contribution in [0.3, 0.4) is 0 Å². The van der Waals surface area contributed by atoms with E-state index in [9.17, 15) is 4.79 Å². The van der Waals surface area contributed by atoms with Gasteiger partial charge in [-0.1, -0.05) is 18.2 Å². The van der Waals surface area contributed by atoms with E-state index in [4.69, 9.17) is 14.2 Å². The maximum atomic E-state index is 12.0. The molecule has 0 spiro atoms. The molecule has 0 saturated heterocycles. The van der Waals surface area contributed by atoms with Gasteiger partial charge in [0.15, 0.2) is 11.5 Å². The first-order valence-electron chi connectivity index (χ1n) is 7.91. The van der Waals surface area contributed by atoms with Gasteiger partial charge in [-0.25, -0.2) is 0 Å². The van der Waals surface area contributed by atoms with Crippen LogP contribution in [0.5, 0.6) is 17.2 Å². The maximum Gasteiger partial charge on any atom is 0.253 e. The third-order valence-electron chi connectivity index (χ3n) is 3.25. The van der Waals surface area contributed by atoms with Gasteiger partial charge in [0.25, 0.3) is 5.91 Å². The summed E-state index contributed by atoms with van der Waals surface area (Å²) in [7, 11) is 3.43. The number of hydrogen-bond acceptors (Lipinski definition) is 4. The van der Waals surface area contributed by atoms with Gasteiger partial charge >= 0.3 is 0 Å². The van der Waals surface area contributed by atoms with E-state index in [0.29, 0.717) is 36.9 Å². The van der Waals surface area contributed by atoms with Crippen molar-refractivity contribution in [2.45, 2.75) is 6.92 Å². The summed E-state index contributed by atoms with van der Waals surface area (Å²) in [6.07, 6.45) is 0. The molecule has 0 radical (unpaired) electrons. The lowest BCUT2D eigenvalue weighted by molar-refractivity contribution is 0.0827. The van der Waals surface area contributed by atoms with Crippen molar-refractivity contribution in [3.8, 4) is 17.2 Å². The number of hydrogen-bond donors (Lipinski definition) is 0. The molecule has 0 aliphatic rings. The molecule has 0 fully saturated rings. The Balaban J connectivity index is 1.97. The number of para-hydroxylation sites is 1. The van der Waals surface area contributed by atoms with Gasteiger partial charge in [0.05, 0.1) is 6.61 Å². The van der Waals surface area contributed by atoms with E-state index in [1.54, 1.807) is 32.3 Å². The normalized spacial score (nSPS) is 10.1. The molecule has 0 saturated carbocycles. The second-order valence-corrected chi connectivity index (χ2v) is 5.30. The average molecular weight is 329 g/mol. The van der Waals surface area contributed by atoms with Crippen LogP contribution < -0.4 is 14.2 Å². The molecule has 2 aromatic carbocycles. The standard InChI is InChI=1S/C19H23NO4/c1-4-22-18-14-15(19(21)20(2)3)10-11-17(18)24-13-12-23-16-8-6-5-7-9-16/h5-11,14H,4,12-13H2,1-3H3. The molecule has 0 bridgehead atoms. The Morgan fingerprint density at radius 2 is 1.62 bits per heavy atom. The monoisotopic (exact) mass is 329 g/mol. The quantitative estimate of drug-likeness (QED) is 0.698. The Bertz CT molecular complexity index is 656. The predicted molar refractivity (Wildman–Crippen MR) is 93.1 cm³/mol. The van der Waals surface area contributed by atoms with Crippen LogP contribution in [0.25, 0.3) is 0 Å². The fourth-order valence-electron chi connectivity index (χ4n) is 2.11. The van der Waals surface area contributed by atoms with Gasteiger partial charge in [-0.15, -0.1) is 0 Å². The van der Waals surface area contributed by atoms with Crippen LogP contribution >= 0.6 is 0 Å². The summed E-state index contributed by atoms with van der Waals surface area (Å²) < 4.78 is 16.9. The van der Waals surface area contributed by atoms with Crippen molar-refractivity contribution in [3.63, 3.8) is 0 Å². The van der Waals surface area contributed by atoms with Gasteiger partial charge in [0, 0.05) is 19.7 Å². The molecule has 0 heterocycles. The molecule has 128 valence electrons. The highest BCUT2D eigenvalue weighted by molar-refractivity contribution is 5.94. The molecule has 2 rings (SSSR count). The van der Waals surface area contributed by atoms with Gasteiger partial charge in [0.2, 0.25) is 0 Å². The molecule has 0 unspecified atom stereocenters. The predicted octanol–water partition coefficient (Wildman–Crippen LogP) is 3.24. The van der Waals surface area contributed by atoms with Crippen molar-refractivity contribution in [3.05, 3.63) is 54.1 Å². The van der Waals surface area contributed by atoms with Crippen molar-refractivity contribution >= 4 is 5.91 Å². The average Bonchev–Trinajstić information content (AvgIpc) is 2.60. The summed E-state index contributed by atoms with van der Waals surface area (Å²) in [5, 5.41) is 0. The number of nitrogens with zero attached hydrogens (tertiary/aromatic N) is 1. The number of benzene rings is 2. The Morgan fingerprint density at radius 1 is 0.917 bits per heavy atom. The van der Waals surface area contributed by atoms with Crippen LogP contribution in [0.2, 0.25) is 0 Å². The van der Waals surface area contributed by atoms with E-state index in [-0.39, 0.29) is 5.91 Å². The Morgan fingerprint density at radius 3 is 2.29 bits per heavy atom. The van der Waals surface area contributed by atoms with E-state index in [0.717, 1.165) is 5.75 Å². The molecule has 0 aliphatic heterocycles. The zero-order chi connectivity index (χ0) is 17.4. The lowest BCUT2D eigenvalue weighted by atomic mass is 10.2. The molecule has 5 nitrogen and oxygen atoms in total. The van der Waals surface area contributed by atoms with Gasteiger partial charge in [-0.2, -0.15) is 0 Å². The molecule has 24 heavy (non-hydrogen) atoms. The highest BCUT2D eigenvalue weighted by Gasteiger charge is 2.13. The molecular weight excluding hydrogens is 306 g/mol. The highest BCUT2D eigenvalue weighted by atomic mass is 16.5. The zero-order valence-corrected chi connectivity index (χ0v) is 14.3. The van der Waals surface area contributed by atoms with Crippen molar-refractivity contribution < 1.29 is 19.0 Å². The Kier molecular flexibility index (Phi) is 6.49. The van der Waals surface area contributed by atoms with Crippen LogP contribution in [0, 0.1) is 0 Å². The first-order valence-corrected chi connectivity index (χ1v) is 7.91. The third kappa shape index (κ3) is 4.91. The van der Waals surface area contributed by atoms with Crippen LogP contribution in [-0.2, 0) is 0 Å². The lowest BCUT2D eigenvalue weighted by Crippen LogP contribution is -2.21. The van der Waals surface area contributed by atoms with E-state index in [2.05, 4.69) is 0 Å². The first kappa shape index (κ1) is 17.7. The molecule has 2 aromatic rings. The smallest absolute Gasteiger partial charge is 0.253 e. The fourth-order valence-corrected chi connectivity index (χ4v) is 2.11. The first-order chi connectivity index (χ1) is 11.6.